The Morgan fingerprint density at radius 1 is 1.43 bits per heavy atom. The first-order chi connectivity index (χ1) is 11.1. The van der Waals surface area contributed by atoms with E-state index in [9.17, 15) is 5.11 Å². The van der Waals surface area contributed by atoms with E-state index in [-0.39, 0.29) is 0 Å². The zero-order valence-electron chi connectivity index (χ0n) is 13.9. The second kappa shape index (κ2) is 8.85. The van der Waals surface area contributed by atoms with E-state index in [0.29, 0.717) is 25.6 Å². The third-order valence-corrected chi connectivity index (χ3v) is 3.54. The van der Waals surface area contributed by atoms with E-state index in [2.05, 4.69) is 25.7 Å². The van der Waals surface area contributed by atoms with Crippen molar-refractivity contribution in [3.8, 4) is 0 Å². The quantitative estimate of drug-likeness (QED) is 0.472. The molecule has 3 N–H and O–H groups in total. The van der Waals surface area contributed by atoms with Gasteiger partial charge in [-0.15, -0.1) is 0 Å². The van der Waals surface area contributed by atoms with E-state index in [1.807, 2.05) is 13.8 Å². The van der Waals surface area contributed by atoms with E-state index in [0.717, 1.165) is 38.5 Å². The monoisotopic (exact) mass is 325 g/mol. The number of morpholine rings is 1. The molecular weight excluding hydrogens is 298 g/mol. The van der Waals surface area contributed by atoms with Gasteiger partial charge in [0.05, 0.1) is 25.4 Å². The molecule has 8 heteroatoms. The maximum absolute atomic E-state index is 10.6. The summed E-state index contributed by atoms with van der Waals surface area (Å²) in [6, 6.07) is 1.78. The zero-order chi connectivity index (χ0) is 16.5. The maximum atomic E-state index is 10.6. The van der Waals surface area contributed by atoms with Gasteiger partial charge in [0.15, 0.2) is 5.96 Å². The summed E-state index contributed by atoms with van der Waals surface area (Å²) >= 11 is 0. The fourth-order valence-corrected chi connectivity index (χ4v) is 2.39. The van der Waals surface area contributed by atoms with Crippen LogP contribution >= 0.6 is 0 Å². The van der Waals surface area contributed by atoms with Crippen molar-refractivity contribution in [2.75, 3.05) is 45.9 Å². The number of β-amino-alcohol motifs (C(OH)–C–C–N with tert-alkyl or cyclic N) is 1. The largest absolute Gasteiger partial charge is 0.387 e. The molecule has 23 heavy (non-hydrogen) atoms. The molecule has 0 spiro atoms. The number of aromatic nitrogens is 1. The SMILES string of the molecule is CCNC(=NCc1ccon1)NCC(C)(O)CN1CCOCC1. The first-order valence-corrected chi connectivity index (χ1v) is 8.03. The Bertz CT molecular complexity index is 469. The molecule has 1 aliphatic rings. The van der Waals surface area contributed by atoms with E-state index in [1.54, 1.807) is 6.07 Å². The van der Waals surface area contributed by atoms with Crippen molar-refractivity contribution in [2.45, 2.75) is 26.0 Å². The topological polar surface area (TPSA) is 95.2 Å². The summed E-state index contributed by atoms with van der Waals surface area (Å²) in [5, 5.41) is 20.8. The van der Waals surface area contributed by atoms with Crippen molar-refractivity contribution in [1.82, 2.24) is 20.7 Å². The zero-order valence-corrected chi connectivity index (χ0v) is 13.9. The van der Waals surface area contributed by atoms with Gasteiger partial charge in [-0.2, -0.15) is 0 Å². The highest BCUT2D eigenvalue weighted by molar-refractivity contribution is 5.79. The average molecular weight is 325 g/mol. The molecule has 0 aromatic carbocycles. The van der Waals surface area contributed by atoms with Crippen LogP contribution in [0.1, 0.15) is 19.5 Å². The van der Waals surface area contributed by atoms with Crippen molar-refractivity contribution in [3.05, 3.63) is 18.0 Å². The van der Waals surface area contributed by atoms with Crippen LogP contribution in [0.3, 0.4) is 0 Å². The minimum absolute atomic E-state index is 0.412. The van der Waals surface area contributed by atoms with Gasteiger partial charge in [-0.25, -0.2) is 4.99 Å². The number of hydrogen-bond donors (Lipinski definition) is 3. The Hall–Kier alpha value is -1.64. The van der Waals surface area contributed by atoms with Crippen LogP contribution < -0.4 is 10.6 Å². The first-order valence-electron chi connectivity index (χ1n) is 8.03. The van der Waals surface area contributed by atoms with Crippen molar-refractivity contribution in [1.29, 1.82) is 0 Å². The Labute approximate surface area is 136 Å². The molecule has 2 rings (SSSR count). The van der Waals surface area contributed by atoms with Gasteiger partial charge >= 0.3 is 0 Å². The van der Waals surface area contributed by atoms with E-state index in [4.69, 9.17) is 9.26 Å². The molecule has 1 unspecified atom stereocenters. The lowest BCUT2D eigenvalue weighted by molar-refractivity contribution is -0.0201. The molecule has 1 atom stereocenters. The van der Waals surface area contributed by atoms with Gasteiger partial charge in [-0.05, 0) is 13.8 Å². The first kappa shape index (κ1) is 17.7. The summed E-state index contributed by atoms with van der Waals surface area (Å²) in [5.41, 5.74) is -0.0798. The number of aliphatic imine (C=N–C) groups is 1. The fourth-order valence-electron chi connectivity index (χ4n) is 2.39. The summed E-state index contributed by atoms with van der Waals surface area (Å²) in [7, 11) is 0. The molecule has 1 aliphatic heterocycles. The van der Waals surface area contributed by atoms with Crippen LogP contribution in [0.5, 0.6) is 0 Å². The number of nitrogens with one attached hydrogen (secondary N) is 2. The molecule has 0 aliphatic carbocycles. The van der Waals surface area contributed by atoms with Crippen molar-refractivity contribution in [2.24, 2.45) is 4.99 Å². The minimum Gasteiger partial charge on any atom is -0.387 e. The fraction of sp³-hybridized carbons (Fsp3) is 0.733. The number of hydrogen-bond acceptors (Lipinski definition) is 6. The molecule has 130 valence electrons. The maximum Gasteiger partial charge on any atom is 0.191 e. The van der Waals surface area contributed by atoms with Crippen molar-refractivity contribution in [3.63, 3.8) is 0 Å². The molecule has 1 fully saturated rings. The third kappa shape index (κ3) is 6.55. The van der Waals surface area contributed by atoms with E-state index < -0.39 is 5.60 Å². The number of guanidine groups is 1. The van der Waals surface area contributed by atoms with Gasteiger partial charge in [0, 0.05) is 38.8 Å². The molecule has 0 saturated carbocycles. The molecule has 1 aromatic heterocycles. The standard InChI is InChI=1S/C15H27N5O3/c1-3-16-14(17-10-13-4-7-23-19-13)18-11-15(2,21)12-20-5-8-22-9-6-20/h4,7,21H,3,5-6,8-12H2,1-2H3,(H2,16,17,18). The lowest BCUT2D eigenvalue weighted by Gasteiger charge is -2.34. The lowest BCUT2D eigenvalue weighted by atomic mass is 10.1. The van der Waals surface area contributed by atoms with Gasteiger partial charge in [-0.3, -0.25) is 4.90 Å². The molecular formula is C15H27N5O3. The molecule has 1 aromatic rings. The summed E-state index contributed by atoms with van der Waals surface area (Å²) < 4.78 is 10.1. The van der Waals surface area contributed by atoms with Crippen molar-refractivity contribution >= 4 is 5.96 Å². The number of aliphatic hydroxyl groups is 1. The van der Waals surface area contributed by atoms with Crippen LogP contribution in [0.15, 0.2) is 21.8 Å². The van der Waals surface area contributed by atoms with Crippen molar-refractivity contribution < 1.29 is 14.4 Å². The second-order valence-electron chi connectivity index (χ2n) is 5.92. The van der Waals surface area contributed by atoms with Gasteiger partial charge < -0.3 is 25.0 Å². The minimum atomic E-state index is -0.846. The Balaban J connectivity index is 1.82. The highest BCUT2D eigenvalue weighted by atomic mass is 16.5. The Kier molecular flexibility index (Phi) is 6.82. The van der Waals surface area contributed by atoms with E-state index >= 15 is 0 Å². The normalized spacial score (nSPS) is 19.3. The van der Waals surface area contributed by atoms with Crippen LogP contribution in [-0.4, -0.2) is 72.7 Å². The predicted octanol–water partition coefficient (Wildman–Crippen LogP) is -0.187. The summed E-state index contributed by atoms with van der Waals surface area (Å²) in [6.07, 6.45) is 1.53. The summed E-state index contributed by atoms with van der Waals surface area (Å²) in [5.74, 6) is 0.651. The van der Waals surface area contributed by atoms with E-state index in [1.165, 1.54) is 6.26 Å². The molecule has 1 saturated heterocycles. The van der Waals surface area contributed by atoms with Crippen LogP contribution in [0.2, 0.25) is 0 Å². The molecule has 0 radical (unpaired) electrons. The van der Waals surface area contributed by atoms with Crippen LogP contribution in [-0.2, 0) is 11.3 Å². The Morgan fingerprint density at radius 2 is 2.22 bits per heavy atom. The number of nitrogens with zero attached hydrogens (tertiary/aromatic N) is 3. The predicted molar refractivity (Wildman–Crippen MR) is 87.2 cm³/mol. The van der Waals surface area contributed by atoms with Crippen LogP contribution in [0.25, 0.3) is 0 Å². The van der Waals surface area contributed by atoms with Gasteiger partial charge in [0.25, 0.3) is 0 Å². The number of rotatable bonds is 7. The summed E-state index contributed by atoms with van der Waals surface area (Å²) in [4.78, 5) is 6.65. The molecule has 2 heterocycles. The van der Waals surface area contributed by atoms with Gasteiger partial charge in [0.1, 0.15) is 12.0 Å². The molecule has 0 amide bonds. The molecule has 0 bridgehead atoms. The van der Waals surface area contributed by atoms with Crippen LogP contribution in [0.4, 0.5) is 0 Å². The Morgan fingerprint density at radius 3 is 2.87 bits per heavy atom. The summed E-state index contributed by atoms with van der Waals surface area (Å²) in [6.45, 7) is 9.19. The smallest absolute Gasteiger partial charge is 0.191 e. The van der Waals surface area contributed by atoms with Crippen LogP contribution in [0, 0.1) is 0 Å². The van der Waals surface area contributed by atoms with Gasteiger partial charge in [0.2, 0.25) is 0 Å². The average Bonchev–Trinajstić information content (AvgIpc) is 3.04. The molecule has 8 nitrogen and oxygen atoms in total. The third-order valence-electron chi connectivity index (χ3n) is 3.54. The second-order valence-corrected chi connectivity index (χ2v) is 5.92. The lowest BCUT2D eigenvalue weighted by Crippen LogP contribution is -2.52. The van der Waals surface area contributed by atoms with Gasteiger partial charge in [-0.1, -0.05) is 5.16 Å². The number of ether oxygens (including phenoxy) is 1. The highest BCUT2D eigenvalue weighted by Crippen LogP contribution is 2.07. The highest BCUT2D eigenvalue weighted by Gasteiger charge is 2.25.